The maximum atomic E-state index is 9.95. The average molecular weight is 307 g/mol. The lowest BCUT2D eigenvalue weighted by Crippen LogP contribution is -1.89. The summed E-state index contributed by atoms with van der Waals surface area (Å²) < 4.78 is 0.566. The third kappa shape index (κ3) is 2.23. The lowest BCUT2D eigenvalue weighted by molar-refractivity contribution is 0.405. The summed E-state index contributed by atoms with van der Waals surface area (Å²) in [4.78, 5) is 0. The van der Waals surface area contributed by atoms with Crippen molar-refractivity contribution >= 4 is 26.7 Å². The first-order valence-corrected chi connectivity index (χ1v) is 6.56. The average Bonchev–Trinajstić information content (AvgIpc) is 2.36. The van der Waals surface area contributed by atoms with Crippen molar-refractivity contribution in [3.8, 4) is 11.5 Å². The van der Waals surface area contributed by atoms with Gasteiger partial charge in [-0.05, 0) is 47.1 Å². The molecule has 94 valence electrons. The molecule has 0 aromatic heterocycles. The molecule has 0 aliphatic heterocycles. The van der Waals surface area contributed by atoms with E-state index in [0.29, 0.717) is 9.86 Å². The molecule has 2 aromatic carbocycles. The van der Waals surface area contributed by atoms with E-state index in [2.05, 4.69) is 22.0 Å². The third-order valence-electron chi connectivity index (χ3n) is 2.92. The Balaban J connectivity index is 2.74. The predicted octanol–water partition coefficient (Wildman–Crippen LogP) is 4.52. The van der Waals surface area contributed by atoms with E-state index >= 15 is 0 Å². The molecule has 3 heteroatoms. The molecule has 0 aliphatic carbocycles. The van der Waals surface area contributed by atoms with Gasteiger partial charge in [0, 0.05) is 5.39 Å². The Morgan fingerprint density at radius 1 is 1.11 bits per heavy atom. The first-order chi connectivity index (χ1) is 8.52. The normalized spacial score (nSPS) is 10.6. The van der Waals surface area contributed by atoms with E-state index in [1.165, 1.54) is 5.57 Å². The molecule has 2 N–H and O–H groups in total. The molecule has 0 unspecified atom stereocenters. The van der Waals surface area contributed by atoms with Crippen molar-refractivity contribution in [2.24, 2.45) is 0 Å². The zero-order chi connectivity index (χ0) is 13.3. The summed E-state index contributed by atoms with van der Waals surface area (Å²) in [6.45, 7) is 4.08. The molecule has 0 spiro atoms. The first kappa shape index (κ1) is 13.0. The summed E-state index contributed by atoms with van der Waals surface area (Å²) in [6, 6.07) is 7.54. The largest absolute Gasteiger partial charge is 0.504 e. The van der Waals surface area contributed by atoms with Gasteiger partial charge in [-0.1, -0.05) is 35.9 Å². The second kappa shape index (κ2) is 5.02. The standard InChI is InChI=1S/C15H15BrO2/c1-9(2)7-8-11-10-5-3-4-6-12(10)14(17)15(18)13(11)16/h3-7,17-18H,8H2,1-2H3. The number of benzene rings is 2. The Morgan fingerprint density at radius 3 is 2.33 bits per heavy atom. The Labute approximate surface area is 115 Å². The molecule has 0 amide bonds. The minimum absolute atomic E-state index is 0.0709. The topological polar surface area (TPSA) is 40.5 Å². The van der Waals surface area contributed by atoms with Crippen molar-refractivity contribution in [1.82, 2.24) is 0 Å². The summed E-state index contributed by atoms with van der Waals surface area (Å²) in [5.41, 5.74) is 2.21. The van der Waals surface area contributed by atoms with Crippen LogP contribution in [-0.2, 0) is 6.42 Å². The quantitative estimate of drug-likeness (QED) is 0.632. The highest BCUT2D eigenvalue weighted by atomic mass is 79.9. The molecule has 2 rings (SSSR count). The number of hydrogen-bond donors (Lipinski definition) is 2. The van der Waals surface area contributed by atoms with Crippen molar-refractivity contribution in [3.05, 3.63) is 46.0 Å². The van der Waals surface area contributed by atoms with Gasteiger partial charge in [-0.3, -0.25) is 0 Å². The van der Waals surface area contributed by atoms with Crippen LogP contribution in [-0.4, -0.2) is 10.2 Å². The Morgan fingerprint density at radius 2 is 1.72 bits per heavy atom. The summed E-state index contributed by atoms with van der Waals surface area (Å²) in [5, 5.41) is 21.5. The molecule has 0 saturated carbocycles. The van der Waals surface area contributed by atoms with Gasteiger partial charge in [0.2, 0.25) is 0 Å². The number of hydrogen-bond acceptors (Lipinski definition) is 2. The second-order valence-electron chi connectivity index (χ2n) is 4.52. The third-order valence-corrected chi connectivity index (χ3v) is 3.77. The van der Waals surface area contributed by atoms with E-state index in [-0.39, 0.29) is 11.5 Å². The van der Waals surface area contributed by atoms with Gasteiger partial charge in [-0.15, -0.1) is 0 Å². The highest BCUT2D eigenvalue weighted by Gasteiger charge is 2.15. The number of phenols is 2. The van der Waals surface area contributed by atoms with E-state index in [1.807, 2.05) is 38.1 Å². The van der Waals surface area contributed by atoms with E-state index in [9.17, 15) is 10.2 Å². The van der Waals surface area contributed by atoms with Crippen LogP contribution in [0.5, 0.6) is 11.5 Å². The molecule has 0 atom stereocenters. The molecule has 18 heavy (non-hydrogen) atoms. The minimum Gasteiger partial charge on any atom is -0.504 e. The van der Waals surface area contributed by atoms with Gasteiger partial charge in [0.15, 0.2) is 11.5 Å². The predicted molar refractivity (Wildman–Crippen MR) is 78.1 cm³/mol. The van der Waals surface area contributed by atoms with Crippen molar-refractivity contribution in [2.45, 2.75) is 20.3 Å². The van der Waals surface area contributed by atoms with Gasteiger partial charge in [-0.2, -0.15) is 0 Å². The van der Waals surface area contributed by atoms with Crippen LogP contribution in [0.3, 0.4) is 0 Å². The molecule has 2 aromatic rings. The van der Waals surface area contributed by atoms with E-state index in [1.54, 1.807) is 0 Å². The molecule has 0 radical (unpaired) electrons. The van der Waals surface area contributed by atoms with Gasteiger partial charge in [0.1, 0.15) is 0 Å². The van der Waals surface area contributed by atoms with Crippen molar-refractivity contribution in [1.29, 1.82) is 0 Å². The molecular formula is C15H15BrO2. The number of halogens is 1. The molecular weight excluding hydrogens is 292 g/mol. The van der Waals surface area contributed by atoms with E-state index in [4.69, 9.17) is 0 Å². The number of fused-ring (bicyclic) bond motifs is 1. The Kier molecular flexibility index (Phi) is 3.62. The van der Waals surface area contributed by atoms with Gasteiger partial charge in [0.25, 0.3) is 0 Å². The number of aromatic hydroxyl groups is 2. The summed E-state index contributed by atoms with van der Waals surface area (Å²) in [7, 11) is 0. The van der Waals surface area contributed by atoms with Crippen molar-refractivity contribution in [3.63, 3.8) is 0 Å². The van der Waals surface area contributed by atoms with Crippen LogP contribution in [0, 0.1) is 0 Å². The maximum Gasteiger partial charge on any atom is 0.172 e. The van der Waals surface area contributed by atoms with Crippen LogP contribution in [0.2, 0.25) is 0 Å². The first-order valence-electron chi connectivity index (χ1n) is 5.76. The lowest BCUT2D eigenvalue weighted by atomic mass is 10.00. The van der Waals surface area contributed by atoms with Crippen LogP contribution in [0.4, 0.5) is 0 Å². The summed E-state index contributed by atoms with van der Waals surface area (Å²) >= 11 is 3.36. The SMILES string of the molecule is CC(C)=CCc1c(Br)c(O)c(O)c2ccccc12. The van der Waals surface area contributed by atoms with Gasteiger partial charge >= 0.3 is 0 Å². The van der Waals surface area contributed by atoms with Crippen molar-refractivity contribution < 1.29 is 10.2 Å². The zero-order valence-corrected chi connectivity index (χ0v) is 12.0. The monoisotopic (exact) mass is 306 g/mol. The lowest BCUT2D eigenvalue weighted by Gasteiger charge is -2.12. The van der Waals surface area contributed by atoms with E-state index in [0.717, 1.165) is 17.4 Å². The second-order valence-corrected chi connectivity index (χ2v) is 5.31. The fraction of sp³-hybridized carbons (Fsp3) is 0.200. The highest BCUT2D eigenvalue weighted by molar-refractivity contribution is 9.10. The Hall–Kier alpha value is -1.48. The van der Waals surface area contributed by atoms with Crippen LogP contribution in [0.25, 0.3) is 10.8 Å². The maximum absolute atomic E-state index is 9.95. The van der Waals surface area contributed by atoms with Gasteiger partial charge in [0.05, 0.1) is 4.47 Å². The highest BCUT2D eigenvalue weighted by Crippen LogP contribution is 2.43. The molecule has 0 bridgehead atoms. The van der Waals surface area contributed by atoms with E-state index < -0.39 is 0 Å². The molecule has 2 nitrogen and oxygen atoms in total. The van der Waals surface area contributed by atoms with Gasteiger partial charge < -0.3 is 10.2 Å². The number of rotatable bonds is 2. The fourth-order valence-corrected chi connectivity index (χ4v) is 2.51. The summed E-state index contributed by atoms with van der Waals surface area (Å²) in [5.74, 6) is -0.163. The molecule has 0 aliphatic rings. The molecule has 0 saturated heterocycles. The van der Waals surface area contributed by atoms with Gasteiger partial charge in [-0.25, -0.2) is 0 Å². The van der Waals surface area contributed by atoms with Crippen LogP contribution >= 0.6 is 15.9 Å². The van der Waals surface area contributed by atoms with Crippen molar-refractivity contribution in [2.75, 3.05) is 0 Å². The Bertz CT molecular complexity index is 626. The number of phenolic OH excluding ortho intramolecular Hbond substituents is 2. The van der Waals surface area contributed by atoms with Crippen LogP contribution in [0.15, 0.2) is 40.4 Å². The summed E-state index contributed by atoms with van der Waals surface area (Å²) in [6.07, 6.45) is 2.82. The van der Waals surface area contributed by atoms with Crippen LogP contribution in [0.1, 0.15) is 19.4 Å². The minimum atomic E-state index is -0.0918. The smallest absolute Gasteiger partial charge is 0.172 e. The zero-order valence-electron chi connectivity index (χ0n) is 10.4. The fourth-order valence-electron chi connectivity index (χ4n) is 1.95. The number of allylic oxidation sites excluding steroid dienone is 2. The van der Waals surface area contributed by atoms with Crippen LogP contribution < -0.4 is 0 Å². The molecule has 0 fully saturated rings. The molecule has 0 heterocycles.